The van der Waals surface area contributed by atoms with Crippen molar-refractivity contribution >= 4 is 12.2 Å². The minimum atomic E-state index is 0.586. The van der Waals surface area contributed by atoms with Gasteiger partial charge in [-0.25, -0.2) is 9.97 Å². The fourth-order valence-electron chi connectivity index (χ4n) is 1.76. The molecular formula is C12H16N4S. The van der Waals surface area contributed by atoms with Gasteiger partial charge in [0.2, 0.25) is 0 Å². The first-order valence-corrected chi connectivity index (χ1v) is 6.04. The Hall–Kier alpha value is -1.49. The zero-order valence-electron chi connectivity index (χ0n) is 10.3. The molecule has 0 aliphatic heterocycles. The van der Waals surface area contributed by atoms with Crippen LogP contribution in [-0.2, 0) is 13.5 Å². The van der Waals surface area contributed by atoms with Crippen LogP contribution >= 0.6 is 12.2 Å². The fraction of sp³-hybridized carbons (Fsp3) is 0.417. The van der Waals surface area contributed by atoms with E-state index in [9.17, 15) is 0 Å². The Morgan fingerprint density at radius 1 is 1.47 bits per heavy atom. The lowest BCUT2D eigenvalue weighted by atomic mass is 10.1. The summed E-state index contributed by atoms with van der Waals surface area (Å²) in [7, 11) is 1.94. The number of aromatic nitrogens is 4. The Labute approximate surface area is 106 Å². The lowest BCUT2D eigenvalue weighted by molar-refractivity contribution is 0.634. The highest BCUT2D eigenvalue weighted by atomic mass is 32.1. The van der Waals surface area contributed by atoms with Crippen LogP contribution in [-0.4, -0.2) is 19.5 Å². The smallest absolute Gasteiger partial charge is 0.157 e. The van der Waals surface area contributed by atoms with Crippen LogP contribution in [0.1, 0.15) is 19.5 Å². The van der Waals surface area contributed by atoms with E-state index in [0.29, 0.717) is 10.6 Å². The van der Waals surface area contributed by atoms with E-state index in [-0.39, 0.29) is 0 Å². The predicted molar refractivity (Wildman–Crippen MR) is 70.2 cm³/mol. The first-order chi connectivity index (χ1) is 8.06. The molecule has 0 unspecified atom stereocenters. The number of nitrogens with one attached hydrogen (secondary N) is 1. The summed E-state index contributed by atoms with van der Waals surface area (Å²) in [6.45, 7) is 4.36. The normalized spacial score (nSPS) is 11.1. The average Bonchev–Trinajstić information content (AvgIpc) is 2.62. The van der Waals surface area contributed by atoms with Crippen molar-refractivity contribution in [2.45, 2.75) is 20.3 Å². The quantitative estimate of drug-likeness (QED) is 0.850. The molecule has 17 heavy (non-hydrogen) atoms. The Morgan fingerprint density at radius 3 is 2.82 bits per heavy atom. The summed E-state index contributed by atoms with van der Waals surface area (Å²) in [4.78, 5) is 11.8. The second kappa shape index (κ2) is 4.79. The van der Waals surface area contributed by atoms with Gasteiger partial charge in [0.1, 0.15) is 10.3 Å². The highest BCUT2D eigenvalue weighted by Gasteiger charge is 2.07. The van der Waals surface area contributed by atoms with E-state index >= 15 is 0 Å². The molecule has 4 nitrogen and oxygen atoms in total. The molecule has 2 aromatic rings. The molecule has 0 aliphatic carbocycles. The van der Waals surface area contributed by atoms with Gasteiger partial charge in [-0.1, -0.05) is 26.1 Å². The van der Waals surface area contributed by atoms with Crippen molar-refractivity contribution in [2.24, 2.45) is 13.0 Å². The second-order valence-electron chi connectivity index (χ2n) is 4.58. The third-order valence-corrected chi connectivity index (χ3v) is 2.70. The molecule has 1 N–H and O–H groups in total. The number of aromatic amines is 1. The molecule has 2 aromatic heterocycles. The highest BCUT2D eigenvalue weighted by molar-refractivity contribution is 7.71. The SMILES string of the molecule is CC(C)Cc1cc(=S)nc(-c2cncn2C)[nH]1. The van der Waals surface area contributed by atoms with Crippen molar-refractivity contribution in [1.82, 2.24) is 19.5 Å². The van der Waals surface area contributed by atoms with Gasteiger partial charge in [-0.3, -0.25) is 0 Å². The van der Waals surface area contributed by atoms with E-state index < -0.39 is 0 Å². The van der Waals surface area contributed by atoms with Gasteiger partial charge in [0.05, 0.1) is 12.5 Å². The van der Waals surface area contributed by atoms with E-state index in [1.54, 1.807) is 12.5 Å². The topological polar surface area (TPSA) is 46.5 Å². The van der Waals surface area contributed by atoms with Crippen molar-refractivity contribution < 1.29 is 0 Å². The molecule has 0 bridgehead atoms. The van der Waals surface area contributed by atoms with Crippen LogP contribution < -0.4 is 0 Å². The largest absolute Gasteiger partial charge is 0.342 e. The summed E-state index contributed by atoms with van der Waals surface area (Å²) in [6.07, 6.45) is 4.51. The van der Waals surface area contributed by atoms with Crippen molar-refractivity contribution in [1.29, 1.82) is 0 Å². The van der Waals surface area contributed by atoms with Gasteiger partial charge in [-0.05, 0) is 18.4 Å². The lowest BCUT2D eigenvalue weighted by Gasteiger charge is -2.08. The summed E-state index contributed by atoms with van der Waals surface area (Å²) in [6, 6.07) is 1.93. The van der Waals surface area contributed by atoms with Crippen LogP contribution in [0.15, 0.2) is 18.6 Å². The van der Waals surface area contributed by atoms with Crippen LogP contribution in [0.3, 0.4) is 0 Å². The molecule has 5 heteroatoms. The zero-order valence-corrected chi connectivity index (χ0v) is 11.1. The van der Waals surface area contributed by atoms with E-state index in [2.05, 4.69) is 28.8 Å². The van der Waals surface area contributed by atoms with Gasteiger partial charge in [0, 0.05) is 12.7 Å². The van der Waals surface area contributed by atoms with Gasteiger partial charge in [-0.2, -0.15) is 0 Å². The van der Waals surface area contributed by atoms with Crippen molar-refractivity contribution in [3.05, 3.63) is 28.9 Å². The summed E-state index contributed by atoms with van der Waals surface area (Å²) in [5.74, 6) is 1.37. The molecule has 0 spiro atoms. The maximum absolute atomic E-state index is 5.20. The average molecular weight is 248 g/mol. The summed E-state index contributed by atoms with van der Waals surface area (Å²) < 4.78 is 2.54. The summed E-state index contributed by atoms with van der Waals surface area (Å²) in [5.41, 5.74) is 2.07. The molecule has 0 radical (unpaired) electrons. The van der Waals surface area contributed by atoms with E-state index in [0.717, 1.165) is 23.6 Å². The van der Waals surface area contributed by atoms with Gasteiger partial charge < -0.3 is 9.55 Å². The first-order valence-electron chi connectivity index (χ1n) is 5.63. The first kappa shape index (κ1) is 12.0. The van der Waals surface area contributed by atoms with Crippen LogP contribution in [0.5, 0.6) is 0 Å². The molecule has 0 fully saturated rings. The molecule has 0 aromatic carbocycles. The fourth-order valence-corrected chi connectivity index (χ4v) is 2.00. The number of H-pyrrole nitrogens is 1. The van der Waals surface area contributed by atoms with E-state index in [4.69, 9.17) is 12.2 Å². The van der Waals surface area contributed by atoms with Gasteiger partial charge in [0.15, 0.2) is 5.82 Å². The second-order valence-corrected chi connectivity index (χ2v) is 5.00. The molecule has 2 rings (SSSR count). The Balaban J connectivity index is 2.45. The Morgan fingerprint density at radius 2 is 2.24 bits per heavy atom. The summed E-state index contributed by atoms with van der Waals surface area (Å²) >= 11 is 5.20. The number of imidazole rings is 1. The van der Waals surface area contributed by atoms with Crippen LogP contribution in [0.2, 0.25) is 0 Å². The van der Waals surface area contributed by atoms with Crippen molar-refractivity contribution in [3.63, 3.8) is 0 Å². The third-order valence-electron chi connectivity index (χ3n) is 2.49. The molecule has 0 atom stereocenters. The maximum atomic E-state index is 5.20. The Bertz CT molecular complexity index is 568. The number of aryl methyl sites for hydroxylation is 1. The number of nitrogens with zero attached hydrogens (tertiary/aromatic N) is 3. The molecule has 0 amide bonds. The van der Waals surface area contributed by atoms with E-state index in [1.807, 2.05) is 17.7 Å². The van der Waals surface area contributed by atoms with E-state index in [1.165, 1.54) is 0 Å². The molecule has 2 heterocycles. The standard InChI is InChI=1S/C12H16N4S/c1-8(2)4-9-5-11(17)15-12(14-9)10-6-13-7-16(10)3/h5-8H,4H2,1-3H3,(H,14,15,17). The van der Waals surface area contributed by atoms with Gasteiger partial charge in [0.25, 0.3) is 0 Å². The number of hydrogen-bond acceptors (Lipinski definition) is 3. The number of rotatable bonds is 3. The minimum absolute atomic E-state index is 0.586. The monoisotopic (exact) mass is 248 g/mol. The minimum Gasteiger partial charge on any atom is -0.342 e. The van der Waals surface area contributed by atoms with Crippen LogP contribution in [0.25, 0.3) is 11.5 Å². The molecule has 0 aliphatic rings. The van der Waals surface area contributed by atoms with Gasteiger partial charge >= 0.3 is 0 Å². The Kier molecular flexibility index (Phi) is 3.38. The molecule has 90 valence electrons. The lowest BCUT2D eigenvalue weighted by Crippen LogP contribution is -2.02. The molecular weight excluding hydrogens is 232 g/mol. The maximum Gasteiger partial charge on any atom is 0.157 e. The zero-order chi connectivity index (χ0) is 12.4. The molecule has 0 saturated carbocycles. The summed E-state index contributed by atoms with van der Waals surface area (Å²) in [5, 5.41) is 0. The third kappa shape index (κ3) is 2.79. The van der Waals surface area contributed by atoms with Crippen LogP contribution in [0, 0.1) is 10.6 Å². The van der Waals surface area contributed by atoms with Crippen molar-refractivity contribution in [3.8, 4) is 11.5 Å². The van der Waals surface area contributed by atoms with Crippen LogP contribution in [0.4, 0.5) is 0 Å². The highest BCUT2D eigenvalue weighted by Crippen LogP contribution is 2.15. The molecule has 0 saturated heterocycles. The van der Waals surface area contributed by atoms with Gasteiger partial charge in [-0.15, -0.1) is 0 Å². The number of hydrogen-bond donors (Lipinski definition) is 1. The van der Waals surface area contributed by atoms with Crippen molar-refractivity contribution in [2.75, 3.05) is 0 Å². The predicted octanol–water partition coefficient (Wildman–Crippen LogP) is 2.74.